The molecule has 0 saturated heterocycles. The smallest absolute Gasteiger partial charge is 0.378 e. The van der Waals surface area contributed by atoms with E-state index in [2.05, 4.69) is 6.58 Å². The van der Waals surface area contributed by atoms with Crippen molar-refractivity contribution in [2.24, 2.45) is 0 Å². The molecule has 0 spiro atoms. The van der Waals surface area contributed by atoms with Crippen molar-refractivity contribution in [2.45, 2.75) is 0 Å². The second-order valence-electron chi connectivity index (χ2n) is 2.52. The summed E-state index contributed by atoms with van der Waals surface area (Å²) >= 11 is 0. The molecule has 1 aromatic carbocycles. The predicted octanol–water partition coefficient (Wildman–Crippen LogP) is 1.67. The molecule has 0 aliphatic heterocycles. The molecule has 0 saturated carbocycles. The summed E-state index contributed by atoms with van der Waals surface area (Å²) in [6, 6.07) is 6.48. The van der Waals surface area contributed by atoms with Gasteiger partial charge in [0.1, 0.15) is 11.5 Å². The lowest BCUT2D eigenvalue weighted by molar-refractivity contribution is -0.132. The van der Waals surface area contributed by atoms with Gasteiger partial charge < -0.3 is 14.6 Å². The Morgan fingerprint density at radius 2 is 2.07 bits per heavy atom. The molecule has 0 aliphatic carbocycles. The van der Waals surface area contributed by atoms with Crippen LogP contribution in [0.2, 0.25) is 0 Å². The number of benzene rings is 1. The van der Waals surface area contributed by atoms with Crippen LogP contribution in [0.5, 0.6) is 11.5 Å². The summed E-state index contributed by atoms with van der Waals surface area (Å²) in [5.74, 6) is -0.644. The van der Waals surface area contributed by atoms with E-state index in [9.17, 15) is 4.79 Å². The minimum atomic E-state index is -0.877. The number of aliphatic hydroxyl groups is 1. The van der Waals surface area contributed by atoms with Gasteiger partial charge in [0.2, 0.25) is 0 Å². The van der Waals surface area contributed by atoms with E-state index in [1.165, 1.54) is 13.2 Å². The van der Waals surface area contributed by atoms with Crippen molar-refractivity contribution in [2.75, 3.05) is 7.11 Å². The number of rotatable bonds is 3. The minimum absolute atomic E-state index is 0.296. The highest BCUT2D eigenvalue weighted by molar-refractivity contribution is 5.86. The molecular weight excluding hydrogens is 184 g/mol. The molecule has 0 heterocycles. The van der Waals surface area contributed by atoms with Crippen LogP contribution in [0.1, 0.15) is 0 Å². The molecule has 0 aromatic heterocycles. The summed E-state index contributed by atoms with van der Waals surface area (Å²) < 4.78 is 9.67. The van der Waals surface area contributed by atoms with E-state index < -0.39 is 11.7 Å². The van der Waals surface area contributed by atoms with Gasteiger partial charge in [-0.2, -0.15) is 0 Å². The Morgan fingerprint density at radius 3 is 2.64 bits per heavy atom. The van der Waals surface area contributed by atoms with Gasteiger partial charge in [-0.3, -0.25) is 0 Å². The molecule has 0 amide bonds. The molecule has 0 aliphatic rings. The summed E-state index contributed by atoms with van der Waals surface area (Å²) in [7, 11) is 1.51. The van der Waals surface area contributed by atoms with Crippen molar-refractivity contribution in [1.82, 2.24) is 0 Å². The number of aliphatic hydroxyl groups excluding tert-OH is 1. The second kappa shape index (κ2) is 4.32. The molecule has 4 heteroatoms. The molecule has 0 radical (unpaired) electrons. The maximum Gasteiger partial charge on any atom is 0.378 e. The van der Waals surface area contributed by atoms with Gasteiger partial charge in [-0.05, 0) is 18.7 Å². The van der Waals surface area contributed by atoms with Crippen LogP contribution < -0.4 is 9.47 Å². The van der Waals surface area contributed by atoms with Crippen molar-refractivity contribution >= 4 is 5.97 Å². The van der Waals surface area contributed by atoms with Gasteiger partial charge in [0.05, 0.1) is 7.11 Å². The Bertz CT molecular complexity index is 357. The maximum atomic E-state index is 10.9. The highest BCUT2D eigenvalue weighted by Crippen LogP contribution is 2.19. The molecule has 0 atom stereocenters. The average Bonchev–Trinajstić information content (AvgIpc) is 2.18. The molecule has 1 aromatic rings. The van der Waals surface area contributed by atoms with Gasteiger partial charge in [0.15, 0.2) is 5.76 Å². The monoisotopic (exact) mass is 194 g/mol. The standard InChI is InChI=1S/C10H10O4/c1-7(11)10(12)14-9-5-3-4-8(6-9)13-2/h3-6,11H,1H2,2H3. The van der Waals surface area contributed by atoms with E-state index in [4.69, 9.17) is 14.6 Å². The molecule has 0 bridgehead atoms. The third-order valence-corrected chi connectivity index (χ3v) is 1.49. The summed E-state index contributed by atoms with van der Waals surface area (Å²) in [6.07, 6.45) is 0. The van der Waals surface area contributed by atoms with Gasteiger partial charge in [-0.25, -0.2) is 4.79 Å². The van der Waals surface area contributed by atoms with Gasteiger partial charge >= 0.3 is 5.97 Å². The first kappa shape index (κ1) is 10.1. The van der Waals surface area contributed by atoms with Gasteiger partial charge in [-0.15, -0.1) is 0 Å². The van der Waals surface area contributed by atoms with Crippen molar-refractivity contribution in [1.29, 1.82) is 0 Å². The summed E-state index contributed by atoms with van der Waals surface area (Å²) in [6.45, 7) is 3.04. The minimum Gasteiger partial charge on any atom is -0.502 e. The second-order valence-corrected chi connectivity index (χ2v) is 2.52. The van der Waals surface area contributed by atoms with Crippen molar-refractivity contribution < 1.29 is 19.4 Å². The number of ether oxygens (including phenoxy) is 2. The third kappa shape index (κ3) is 2.52. The van der Waals surface area contributed by atoms with Crippen LogP contribution in [0.25, 0.3) is 0 Å². The van der Waals surface area contributed by atoms with Crippen LogP contribution in [0.3, 0.4) is 0 Å². The summed E-state index contributed by atoms with van der Waals surface area (Å²) in [5.41, 5.74) is 0. The predicted molar refractivity (Wildman–Crippen MR) is 50.4 cm³/mol. The Labute approximate surface area is 81.4 Å². The van der Waals surface area contributed by atoms with Gasteiger partial charge in [0.25, 0.3) is 0 Å². The fraction of sp³-hybridized carbons (Fsp3) is 0.100. The zero-order chi connectivity index (χ0) is 10.6. The lowest BCUT2D eigenvalue weighted by Gasteiger charge is -2.04. The Kier molecular flexibility index (Phi) is 3.12. The lowest BCUT2D eigenvalue weighted by atomic mass is 10.3. The number of hydrogen-bond acceptors (Lipinski definition) is 4. The highest BCUT2D eigenvalue weighted by Gasteiger charge is 2.07. The number of carbonyl (C=O) groups is 1. The fourth-order valence-corrected chi connectivity index (χ4v) is 0.831. The van der Waals surface area contributed by atoms with Gasteiger partial charge in [0, 0.05) is 6.07 Å². The summed E-state index contributed by atoms with van der Waals surface area (Å²) in [5, 5.41) is 8.71. The number of methoxy groups -OCH3 is 1. The highest BCUT2D eigenvalue weighted by atomic mass is 16.5. The van der Waals surface area contributed by atoms with Crippen LogP contribution in [-0.2, 0) is 4.79 Å². The average molecular weight is 194 g/mol. The SMILES string of the molecule is C=C(O)C(=O)Oc1cccc(OC)c1. The lowest BCUT2D eigenvalue weighted by Crippen LogP contribution is -2.09. The van der Waals surface area contributed by atoms with Crippen molar-refractivity contribution in [3.8, 4) is 11.5 Å². The van der Waals surface area contributed by atoms with E-state index >= 15 is 0 Å². The Morgan fingerprint density at radius 1 is 1.43 bits per heavy atom. The van der Waals surface area contributed by atoms with E-state index in [1.54, 1.807) is 18.2 Å². The van der Waals surface area contributed by atoms with E-state index in [0.29, 0.717) is 11.5 Å². The molecule has 1 N–H and O–H groups in total. The fourth-order valence-electron chi connectivity index (χ4n) is 0.831. The van der Waals surface area contributed by atoms with Crippen molar-refractivity contribution in [3.05, 3.63) is 36.6 Å². The van der Waals surface area contributed by atoms with Crippen LogP contribution in [0.4, 0.5) is 0 Å². The Balaban J connectivity index is 2.76. The number of esters is 1. The number of carbonyl (C=O) groups excluding carboxylic acids is 1. The van der Waals surface area contributed by atoms with Crippen LogP contribution in [0.15, 0.2) is 36.6 Å². The first-order valence-electron chi connectivity index (χ1n) is 3.87. The normalized spacial score (nSPS) is 9.21. The molecule has 0 unspecified atom stereocenters. The maximum absolute atomic E-state index is 10.9. The zero-order valence-electron chi connectivity index (χ0n) is 7.69. The summed E-state index contributed by atoms with van der Waals surface area (Å²) in [4.78, 5) is 10.9. The van der Waals surface area contributed by atoms with Crippen LogP contribution in [-0.4, -0.2) is 18.2 Å². The topological polar surface area (TPSA) is 55.8 Å². The van der Waals surface area contributed by atoms with Crippen LogP contribution in [0, 0.1) is 0 Å². The number of hydrogen-bond donors (Lipinski definition) is 1. The van der Waals surface area contributed by atoms with Gasteiger partial charge in [-0.1, -0.05) is 6.07 Å². The molecule has 1 rings (SSSR count). The first-order valence-corrected chi connectivity index (χ1v) is 3.87. The van der Waals surface area contributed by atoms with Crippen molar-refractivity contribution in [3.63, 3.8) is 0 Å². The van der Waals surface area contributed by atoms with E-state index in [1.807, 2.05) is 0 Å². The molecular formula is C10H10O4. The van der Waals surface area contributed by atoms with E-state index in [-0.39, 0.29) is 0 Å². The molecule has 4 nitrogen and oxygen atoms in total. The first-order chi connectivity index (χ1) is 6.63. The van der Waals surface area contributed by atoms with Crippen LogP contribution >= 0.6 is 0 Å². The van der Waals surface area contributed by atoms with E-state index in [0.717, 1.165) is 0 Å². The zero-order valence-corrected chi connectivity index (χ0v) is 7.69. The third-order valence-electron chi connectivity index (χ3n) is 1.49. The Hall–Kier alpha value is -1.97. The quantitative estimate of drug-likeness (QED) is 0.344. The largest absolute Gasteiger partial charge is 0.502 e. The molecule has 74 valence electrons. The molecule has 14 heavy (non-hydrogen) atoms. The molecule has 0 fully saturated rings.